The fraction of sp³-hybridized carbons (Fsp3) is 0.769. The highest BCUT2D eigenvalue weighted by molar-refractivity contribution is 5.80. The predicted molar refractivity (Wildman–Crippen MR) is 69.4 cm³/mol. The van der Waals surface area contributed by atoms with E-state index in [1.54, 1.807) is 0 Å². The van der Waals surface area contributed by atoms with E-state index in [0.717, 1.165) is 18.4 Å². The highest BCUT2D eigenvalue weighted by Gasteiger charge is 2.18. The largest absolute Gasteiger partial charge is 0.357 e. The standard InChI is InChI=1S/C13H23N3/c1-4-10-15-13(14-5-2)16-12-8-6-11(3)7-9-12/h1,11-12H,5-10H2,2-3H3,(H2,14,15,16). The molecule has 3 nitrogen and oxygen atoms in total. The minimum Gasteiger partial charge on any atom is -0.357 e. The zero-order valence-corrected chi connectivity index (χ0v) is 10.4. The molecule has 1 aliphatic carbocycles. The van der Waals surface area contributed by atoms with Crippen molar-refractivity contribution in [1.82, 2.24) is 10.6 Å². The number of nitrogens with zero attached hydrogens (tertiary/aromatic N) is 1. The Hall–Kier alpha value is -1.17. The lowest BCUT2D eigenvalue weighted by Crippen LogP contribution is -2.44. The fourth-order valence-corrected chi connectivity index (χ4v) is 2.04. The Labute approximate surface area is 99.1 Å². The van der Waals surface area contributed by atoms with Crippen LogP contribution in [0.4, 0.5) is 0 Å². The van der Waals surface area contributed by atoms with Crippen molar-refractivity contribution in [2.45, 2.75) is 45.6 Å². The first-order chi connectivity index (χ1) is 7.76. The summed E-state index contributed by atoms with van der Waals surface area (Å²) in [5, 5.41) is 6.67. The van der Waals surface area contributed by atoms with Gasteiger partial charge in [0.1, 0.15) is 6.54 Å². The summed E-state index contributed by atoms with van der Waals surface area (Å²) in [4.78, 5) is 4.30. The van der Waals surface area contributed by atoms with E-state index in [0.29, 0.717) is 12.6 Å². The SMILES string of the molecule is C#CCN=C(NCC)NC1CCC(C)CC1. The summed E-state index contributed by atoms with van der Waals surface area (Å²) in [5.74, 6) is 4.27. The molecule has 0 radical (unpaired) electrons. The van der Waals surface area contributed by atoms with E-state index in [2.05, 4.69) is 35.4 Å². The van der Waals surface area contributed by atoms with E-state index in [-0.39, 0.29) is 0 Å². The van der Waals surface area contributed by atoms with Gasteiger partial charge in [-0.2, -0.15) is 0 Å². The quantitative estimate of drug-likeness (QED) is 0.433. The lowest BCUT2D eigenvalue weighted by atomic mass is 9.87. The molecule has 0 heterocycles. The predicted octanol–water partition coefficient (Wildman–Crippen LogP) is 1.75. The summed E-state index contributed by atoms with van der Waals surface area (Å²) in [6.07, 6.45) is 10.3. The maximum absolute atomic E-state index is 5.21. The van der Waals surface area contributed by atoms with Gasteiger partial charge in [0.2, 0.25) is 0 Å². The molecule has 16 heavy (non-hydrogen) atoms. The van der Waals surface area contributed by atoms with Crippen molar-refractivity contribution >= 4 is 5.96 Å². The first kappa shape index (κ1) is 12.9. The second kappa shape index (κ2) is 7.16. The van der Waals surface area contributed by atoms with Crippen LogP contribution in [0.1, 0.15) is 39.5 Å². The van der Waals surface area contributed by atoms with Gasteiger partial charge in [-0.25, -0.2) is 4.99 Å². The first-order valence-electron chi connectivity index (χ1n) is 6.24. The Kier molecular flexibility index (Phi) is 5.77. The molecule has 1 saturated carbocycles. The lowest BCUT2D eigenvalue weighted by Gasteiger charge is -2.28. The first-order valence-corrected chi connectivity index (χ1v) is 6.24. The zero-order chi connectivity index (χ0) is 11.8. The van der Waals surface area contributed by atoms with Gasteiger partial charge in [-0.05, 0) is 38.5 Å². The highest BCUT2D eigenvalue weighted by Crippen LogP contribution is 2.23. The molecule has 0 aromatic heterocycles. The van der Waals surface area contributed by atoms with Crippen molar-refractivity contribution < 1.29 is 0 Å². The Morgan fingerprint density at radius 2 is 2.06 bits per heavy atom. The monoisotopic (exact) mass is 221 g/mol. The summed E-state index contributed by atoms with van der Waals surface area (Å²) in [7, 11) is 0. The number of terminal acetylenes is 1. The van der Waals surface area contributed by atoms with Crippen molar-refractivity contribution in [2.75, 3.05) is 13.1 Å². The van der Waals surface area contributed by atoms with Crippen LogP contribution in [0.15, 0.2) is 4.99 Å². The maximum Gasteiger partial charge on any atom is 0.192 e. The maximum atomic E-state index is 5.21. The van der Waals surface area contributed by atoms with Gasteiger partial charge in [-0.1, -0.05) is 12.8 Å². The van der Waals surface area contributed by atoms with Gasteiger partial charge in [0.25, 0.3) is 0 Å². The molecule has 1 rings (SSSR count). The van der Waals surface area contributed by atoms with E-state index in [9.17, 15) is 0 Å². The number of nitrogens with one attached hydrogen (secondary N) is 2. The number of hydrogen-bond donors (Lipinski definition) is 2. The van der Waals surface area contributed by atoms with Gasteiger partial charge in [0.05, 0.1) is 0 Å². The topological polar surface area (TPSA) is 36.4 Å². The molecular formula is C13H23N3. The van der Waals surface area contributed by atoms with Crippen LogP contribution in [0, 0.1) is 18.3 Å². The second-order valence-corrected chi connectivity index (χ2v) is 4.50. The van der Waals surface area contributed by atoms with Crippen molar-refractivity contribution in [3.63, 3.8) is 0 Å². The molecule has 0 spiro atoms. The van der Waals surface area contributed by atoms with Gasteiger partial charge >= 0.3 is 0 Å². The van der Waals surface area contributed by atoms with Crippen LogP contribution in [0.5, 0.6) is 0 Å². The van der Waals surface area contributed by atoms with Crippen LogP contribution in [-0.2, 0) is 0 Å². The van der Waals surface area contributed by atoms with E-state index in [1.165, 1.54) is 25.7 Å². The fourth-order valence-electron chi connectivity index (χ4n) is 2.04. The summed E-state index contributed by atoms with van der Waals surface area (Å²) in [6.45, 7) is 5.71. The normalized spacial score (nSPS) is 25.9. The van der Waals surface area contributed by atoms with Gasteiger partial charge in [0.15, 0.2) is 5.96 Å². The zero-order valence-electron chi connectivity index (χ0n) is 10.4. The molecule has 0 aromatic carbocycles. The number of rotatable bonds is 3. The van der Waals surface area contributed by atoms with Gasteiger partial charge < -0.3 is 10.6 Å². The van der Waals surface area contributed by atoms with Crippen molar-refractivity contribution in [3.05, 3.63) is 0 Å². The third-order valence-corrected chi connectivity index (χ3v) is 3.03. The highest BCUT2D eigenvalue weighted by atomic mass is 15.2. The summed E-state index contributed by atoms with van der Waals surface area (Å²) in [6, 6.07) is 0.562. The molecule has 1 fully saturated rings. The molecule has 2 N–H and O–H groups in total. The summed E-state index contributed by atoms with van der Waals surface area (Å²) in [5.41, 5.74) is 0. The van der Waals surface area contributed by atoms with Crippen LogP contribution in [0.3, 0.4) is 0 Å². The average molecular weight is 221 g/mol. The summed E-state index contributed by atoms with van der Waals surface area (Å²) < 4.78 is 0. The van der Waals surface area contributed by atoms with E-state index < -0.39 is 0 Å². The van der Waals surface area contributed by atoms with Crippen molar-refractivity contribution in [1.29, 1.82) is 0 Å². The average Bonchev–Trinajstić information content (AvgIpc) is 2.29. The van der Waals surface area contributed by atoms with Crippen LogP contribution >= 0.6 is 0 Å². The van der Waals surface area contributed by atoms with Crippen molar-refractivity contribution in [2.24, 2.45) is 10.9 Å². The molecule has 0 atom stereocenters. The van der Waals surface area contributed by atoms with Gasteiger partial charge in [-0.3, -0.25) is 0 Å². The van der Waals surface area contributed by atoms with E-state index >= 15 is 0 Å². The molecule has 0 aliphatic heterocycles. The number of hydrogen-bond acceptors (Lipinski definition) is 1. The van der Waals surface area contributed by atoms with Crippen LogP contribution in [0.25, 0.3) is 0 Å². The molecule has 0 amide bonds. The molecule has 1 aliphatic rings. The Balaban J connectivity index is 2.39. The van der Waals surface area contributed by atoms with E-state index in [4.69, 9.17) is 6.42 Å². The van der Waals surface area contributed by atoms with Crippen LogP contribution in [0.2, 0.25) is 0 Å². The molecular weight excluding hydrogens is 198 g/mol. The third kappa shape index (κ3) is 4.57. The molecule has 3 heteroatoms. The molecule has 0 unspecified atom stereocenters. The van der Waals surface area contributed by atoms with Crippen LogP contribution in [-0.4, -0.2) is 25.1 Å². The molecule has 0 saturated heterocycles. The Bertz CT molecular complexity index is 257. The molecule has 0 bridgehead atoms. The van der Waals surface area contributed by atoms with Crippen molar-refractivity contribution in [3.8, 4) is 12.3 Å². The van der Waals surface area contributed by atoms with Gasteiger partial charge in [0, 0.05) is 12.6 Å². The minimum atomic E-state index is 0.443. The van der Waals surface area contributed by atoms with E-state index in [1.807, 2.05) is 0 Å². The minimum absolute atomic E-state index is 0.443. The second-order valence-electron chi connectivity index (χ2n) is 4.50. The van der Waals surface area contributed by atoms with Gasteiger partial charge in [-0.15, -0.1) is 6.42 Å². The molecule has 0 aromatic rings. The lowest BCUT2D eigenvalue weighted by molar-refractivity contribution is 0.329. The van der Waals surface area contributed by atoms with Crippen LogP contribution < -0.4 is 10.6 Å². The number of aliphatic imine (C=N–C) groups is 1. The Morgan fingerprint density at radius 1 is 1.38 bits per heavy atom. The molecule has 90 valence electrons. The summed E-state index contributed by atoms with van der Waals surface area (Å²) >= 11 is 0. The number of guanidine groups is 1. The Morgan fingerprint density at radius 3 is 2.62 bits per heavy atom. The third-order valence-electron chi connectivity index (χ3n) is 3.03. The smallest absolute Gasteiger partial charge is 0.192 e.